The van der Waals surface area contributed by atoms with Crippen LogP contribution in [0.15, 0.2) is 42.5 Å². The van der Waals surface area contributed by atoms with Crippen LogP contribution < -0.4 is 10.2 Å². The van der Waals surface area contributed by atoms with E-state index in [9.17, 15) is 4.79 Å². The molecule has 3 rings (SSSR count). The largest absolute Gasteiger partial charge is 0.374 e. The van der Waals surface area contributed by atoms with Gasteiger partial charge in [-0.3, -0.25) is 4.79 Å². The number of rotatable bonds is 2. The van der Waals surface area contributed by atoms with Gasteiger partial charge in [-0.25, -0.2) is 0 Å². The number of fused-ring (bicyclic) bond motifs is 1. The van der Waals surface area contributed by atoms with E-state index in [0.717, 1.165) is 16.9 Å². The third-order valence-electron chi connectivity index (χ3n) is 3.24. The molecule has 5 heteroatoms. The molecule has 102 valence electrons. The molecule has 0 unspecified atom stereocenters. The maximum Gasteiger partial charge on any atom is 0.246 e. The highest BCUT2D eigenvalue weighted by Crippen LogP contribution is 2.37. The molecule has 3 nitrogen and oxygen atoms in total. The number of carbonyl (C=O) groups excluding carboxylic acids is 1. The van der Waals surface area contributed by atoms with Crippen molar-refractivity contribution in [2.24, 2.45) is 0 Å². The van der Waals surface area contributed by atoms with Crippen LogP contribution in [-0.4, -0.2) is 12.5 Å². The summed E-state index contributed by atoms with van der Waals surface area (Å²) < 4.78 is 0. The first kappa shape index (κ1) is 13.3. The van der Waals surface area contributed by atoms with E-state index in [-0.39, 0.29) is 12.5 Å². The topological polar surface area (TPSA) is 32.3 Å². The van der Waals surface area contributed by atoms with Gasteiger partial charge in [-0.1, -0.05) is 53.5 Å². The third-order valence-corrected chi connectivity index (χ3v) is 3.97. The van der Waals surface area contributed by atoms with E-state index in [0.29, 0.717) is 16.6 Å². The summed E-state index contributed by atoms with van der Waals surface area (Å²) in [6.07, 6.45) is 0. The Labute approximate surface area is 127 Å². The molecule has 1 N–H and O–H groups in total. The second-order valence-electron chi connectivity index (χ2n) is 4.60. The van der Waals surface area contributed by atoms with Gasteiger partial charge < -0.3 is 10.2 Å². The zero-order valence-corrected chi connectivity index (χ0v) is 12.1. The molecule has 0 bridgehead atoms. The van der Waals surface area contributed by atoms with Crippen molar-refractivity contribution in [3.63, 3.8) is 0 Å². The van der Waals surface area contributed by atoms with Crippen LogP contribution in [0.3, 0.4) is 0 Å². The Kier molecular flexibility index (Phi) is 3.55. The molecule has 1 aliphatic heterocycles. The summed E-state index contributed by atoms with van der Waals surface area (Å²) in [5, 5.41) is 3.98. The minimum Gasteiger partial charge on any atom is -0.374 e. The van der Waals surface area contributed by atoms with Crippen LogP contribution in [0.5, 0.6) is 0 Å². The average molecular weight is 307 g/mol. The van der Waals surface area contributed by atoms with E-state index < -0.39 is 0 Å². The first-order chi connectivity index (χ1) is 9.65. The van der Waals surface area contributed by atoms with E-state index in [1.165, 1.54) is 0 Å². The lowest BCUT2D eigenvalue weighted by atomic mass is 10.1. The molecule has 0 aliphatic carbocycles. The number of nitrogens with one attached hydrogen (secondary N) is 1. The highest BCUT2D eigenvalue weighted by Gasteiger charge is 2.25. The SMILES string of the molecule is O=C1CNc2cc(Cl)c(Cl)cc2N1Cc1ccccc1. The summed E-state index contributed by atoms with van der Waals surface area (Å²) in [6, 6.07) is 13.3. The molecule has 1 aliphatic rings. The molecule has 1 amide bonds. The van der Waals surface area contributed by atoms with Crippen molar-refractivity contribution in [2.75, 3.05) is 16.8 Å². The van der Waals surface area contributed by atoms with E-state index in [1.807, 2.05) is 30.3 Å². The molecular formula is C15H12Cl2N2O. The maximum absolute atomic E-state index is 12.1. The van der Waals surface area contributed by atoms with Crippen LogP contribution in [0.4, 0.5) is 11.4 Å². The first-order valence-electron chi connectivity index (χ1n) is 6.22. The molecule has 0 aromatic heterocycles. The Morgan fingerprint density at radius 1 is 1.10 bits per heavy atom. The highest BCUT2D eigenvalue weighted by atomic mass is 35.5. The second kappa shape index (κ2) is 5.35. The molecule has 2 aromatic rings. The highest BCUT2D eigenvalue weighted by molar-refractivity contribution is 6.42. The molecule has 20 heavy (non-hydrogen) atoms. The normalized spacial score (nSPS) is 13.9. The predicted molar refractivity (Wildman–Crippen MR) is 82.6 cm³/mol. The second-order valence-corrected chi connectivity index (χ2v) is 5.42. The fraction of sp³-hybridized carbons (Fsp3) is 0.133. The fourth-order valence-electron chi connectivity index (χ4n) is 2.24. The zero-order valence-electron chi connectivity index (χ0n) is 10.6. The molecule has 0 atom stereocenters. The van der Waals surface area contributed by atoms with Crippen LogP contribution >= 0.6 is 23.2 Å². The van der Waals surface area contributed by atoms with Gasteiger partial charge in [-0.05, 0) is 17.7 Å². The number of benzene rings is 2. The molecule has 0 saturated carbocycles. The molecule has 0 saturated heterocycles. The van der Waals surface area contributed by atoms with Crippen molar-refractivity contribution in [1.29, 1.82) is 0 Å². The molecule has 0 radical (unpaired) electrons. The van der Waals surface area contributed by atoms with Gasteiger partial charge in [0.05, 0.1) is 34.5 Å². The Balaban J connectivity index is 1.99. The van der Waals surface area contributed by atoms with Crippen molar-refractivity contribution >= 4 is 40.5 Å². The van der Waals surface area contributed by atoms with Crippen LogP contribution in [0.25, 0.3) is 0 Å². The summed E-state index contributed by atoms with van der Waals surface area (Å²) >= 11 is 12.1. The molecule has 0 fully saturated rings. The van der Waals surface area contributed by atoms with Gasteiger partial charge in [0.25, 0.3) is 0 Å². The van der Waals surface area contributed by atoms with E-state index in [2.05, 4.69) is 5.32 Å². The molecule has 0 spiro atoms. The van der Waals surface area contributed by atoms with E-state index >= 15 is 0 Å². The summed E-state index contributed by atoms with van der Waals surface area (Å²) in [7, 11) is 0. The fourth-order valence-corrected chi connectivity index (χ4v) is 2.56. The van der Waals surface area contributed by atoms with Crippen LogP contribution in [0, 0.1) is 0 Å². The Morgan fingerprint density at radius 3 is 2.55 bits per heavy atom. The third kappa shape index (κ3) is 2.47. The lowest BCUT2D eigenvalue weighted by Crippen LogP contribution is -2.39. The van der Waals surface area contributed by atoms with E-state index in [1.54, 1.807) is 17.0 Å². The van der Waals surface area contributed by atoms with Gasteiger partial charge in [-0.2, -0.15) is 0 Å². The summed E-state index contributed by atoms with van der Waals surface area (Å²) in [4.78, 5) is 13.9. The molecule has 2 aromatic carbocycles. The monoisotopic (exact) mass is 306 g/mol. The van der Waals surface area contributed by atoms with Gasteiger partial charge in [0.15, 0.2) is 0 Å². The van der Waals surface area contributed by atoms with Gasteiger partial charge in [0, 0.05) is 0 Å². The van der Waals surface area contributed by atoms with Crippen molar-refractivity contribution in [1.82, 2.24) is 0 Å². The van der Waals surface area contributed by atoms with E-state index in [4.69, 9.17) is 23.2 Å². The lowest BCUT2D eigenvalue weighted by molar-refractivity contribution is -0.117. The van der Waals surface area contributed by atoms with Crippen LogP contribution in [0.1, 0.15) is 5.56 Å². The zero-order chi connectivity index (χ0) is 14.1. The van der Waals surface area contributed by atoms with Crippen molar-refractivity contribution in [2.45, 2.75) is 6.54 Å². The number of nitrogens with zero attached hydrogens (tertiary/aromatic N) is 1. The summed E-state index contributed by atoms with van der Waals surface area (Å²) in [5.41, 5.74) is 2.66. The Hall–Kier alpha value is -1.71. The molecular weight excluding hydrogens is 295 g/mol. The number of hydrogen-bond donors (Lipinski definition) is 1. The van der Waals surface area contributed by atoms with Gasteiger partial charge in [0.2, 0.25) is 5.91 Å². The van der Waals surface area contributed by atoms with Gasteiger partial charge in [-0.15, -0.1) is 0 Å². The molecule has 1 heterocycles. The Bertz CT molecular complexity index is 658. The number of hydrogen-bond acceptors (Lipinski definition) is 2. The van der Waals surface area contributed by atoms with Crippen LogP contribution in [0.2, 0.25) is 10.0 Å². The standard InChI is InChI=1S/C15H12Cl2N2O/c16-11-6-13-14(7-12(11)17)19(15(20)8-18-13)9-10-4-2-1-3-5-10/h1-7,18H,8-9H2. The number of halogens is 2. The minimum absolute atomic E-state index is 0.0137. The average Bonchev–Trinajstić information content (AvgIpc) is 2.45. The summed E-state index contributed by atoms with van der Waals surface area (Å²) in [5.74, 6) is 0.0137. The van der Waals surface area contributed by atoms with Crippen molar-refractivity contribution < 1.29 is 4.79 Å². The summed E-state index contributed by atoms with van der Waals surface area (Å²) in [6.45, 7) is 0.782. The van der Waals surface area contributed by atoms with Crippen molar-refractivity contribution in [3.05, 3.63) is 58.1 Å². The number of anilines is 2. The first-order valence-corrected chi connectivity index (χ1v) is 6.98. The van der Waals surface area contributed by atoms with Gasteiger partial charge in [0.1, 0.15) is 0 Å². The quantitative estimate of drug-likeness (QED) is 0.911. The lowest BCUT2D eigenvalue weighted by Gasteiger charge is -2.30. The number of carbonyl (C=O) groups is 1. The van der Waals surface area contributed by atoms with Crippen LogP contribution in [-0.2, 0) is 11.3 Å². The van der Waals surface area contributed by atoms with Gasteiger partial charge >= 0.3 is 0 Å². The number of amides is 1. The van der Waals surface area contributed by atoms with Crippen molar-refractivity contribution in [3.8, 4) is 0 Å². The predicted octanol–water partition coefficient (Wildman–Crippen LogP) is 3.95. The minimum atomic E-state index is 0.0137. The Morgan fingerprint density at radius 2 is 1.80 bits per heavy atom. The maximum atomic E-state index is 12.1. The smallest absolute Gasteiger partial charge is 0.246 e.